The number of allylic oxidation sites excluding steroid dienone is 1. The molecule has 0 saturated carbocycles. The van der Waals surface area contributed by atoms with Gasteiger partial charge in [-0.3, -0.25) is 4.98 Å². The van der Waals surface area contributed by atoms with Crippen molar-refractivity contribution in [3.05, 3.63) is 94.1 Å². The largest absolute Gasteiger partial charge is 0.481 e. The van der Waals surface area contributed by atoms with Crippen molar-refractivity contribution < 1.29 is 9.13 Å². The normalized spacial score (nSPS) is 18.1. The molecule has 2 aliphatic rings. The van der Waals surface area contributed by atoms with Gasteiger partial charge in [0.25, 0.3) is 0 Å². The second-order valence-corrected chi connectivity index (χ2v) is 15.0. The van der Waals surface area contributed by atoms with Crippen LogP contribution in [0.15, 0.2) is 67.1 Å². The van der Waals surface area contributed by atoms with Crippen LogP contribution in [-0.2, 0) is 13.1 Å². The zero-order valence-corrected chi connectivity index (χ0v) is 32.5. The molecule has 2 fully saturated rings. The summed E-state index contributed by atoms with van der Waals surface area (Å²) in [5.41, 5.74) is 5.55. The topological polar surface area (TPSA) is 96.0 Å². The van der Waals surface area contributed by atoms with Gasteiger partial charge in [0.1, 0.15) is 0 Å². The second kappa shape index (κ2) is 19.9. The number of pyridine rings is 3. The van der Waals surface area contributed by atoms with Gasteiger partial charge < -0.3 is 26.0 Å². The van der Waals surface area contributed by atoms with Crippen molar-refractivity contribution in [2.45, 2.75) is 71.6 Å². The number of benzene rings is 1. The number of nitrogens with one attached hydrogen (secondary N) is 4. The smallest absolute Gasteiger partial charge is 0.218 e. The van der Waals surface area contributed by atoms with Crippen molar-refractivity contribution in [2.24, 2.45) is 0 Å². The first-order chi connectivity index (χ1) is 24.7. The molecule has 4 aromatic rings. The Balaban J connectivity index is 0.000000571. The summed E-state index contributed by atoms with van der Waals surface area (Å²) in [6, 6.07) is 13.8. The van der Waals surface area contributed by atoms with E-state index in [9.17, 15) is 0 Å². The van der Waals surface area contributed by atoms with Crippen molar-refractivity contribution in [3.8, 4) is 28.4 Å². The van der Waals surface area contributed by atoms with Crippen LogP contribution in [0.5, 0.6) is 5.88 Å². The van der Waals surface area contributed by atoms with Crippen molar-refractivity contribution in [2.75, 3.05) is 31.0 Å². The summed E-state index contributed by atoms with van der Waals surface area (Å²) in [4.78, 5) is 13.4. The van der Waals surface area contributed by atoms with Gasteiger partial charge in [0.15, 0.2) is 11.6 Å². The van der Waals surface area contributed by atoms with Crippen LogP contribution >= 0.6 is 33.7 Å². The molecule has 0 spiro atoms. The minimum absolute atomic E-state index is 0.0991. The third-order valence-electron chi connectivity index (χ3n) is 8.56. The lowest BCUT2D eigenvalue weighted by atomic mass is 10.1. The highest BCUT2D eigenvalue weighted by molar-refractivity contribution is 8.14. The van der Waals surface area contributed by atoms with E-state index in [-0.39, 0.29) is 16.3 Å². The molecule has 4 N–H and O–H groups in total. The van der Waals surface area contributed by atoms with Gasteiger partial charge >= 0.3 is 0 Å². The molecule has 0 radical (unpaired) electrons. The zero-order valence-electron chi connectivity index (χ0n) is 30.2. The number of anilines is 2. The zero-order chi connectivity index (χ0) is 36.9. The Morgan fingerprint density at radius 1 is 0.961 bits per heavy atom. The highest BCUT2D eigenvalue weighted by Crippen LogP contribution is 2.41. The van der Waals surface area contributed by atoms with Gasteiger partial charge in [-0.25, -0.2) is 14.4 Å². The lowest BCUT2D eigenvalue weighted by Gasteiger charge is -2.25. The van der Waals surface area contributed by atoms with Crippen molar-refractivity contribution in [3.63, 3.8) is 0 Å². The first-order valence-electron chi connectivity index (χ1n) is 17.4. The summed E-state index contributed by atoms with van der Waals surface area (Å²) in [6.07, 6.45) is 7.81. The molecule has 6 rings (SSSR count). The summed E-state index contributed by atoms with van der Waals surface area (Å²) >= 11 is 13.8. The van der Waals surface area contributed by atoms with E-state index in [0.717, 1.165) is 29.9 Å². The standard InChI is InChI=1S/C31H33Cl2FN6OS.C6H11N.C2H6/c1-35-17-20-7-8-24(40-31(20)41-2)22-10-14-36-29(27(22)33)23-5-4-6-25(26(23)32)39-30-28(34)19(9-13-37-30)18-38-21-11-15-42(3)16-12-21;1-5-3-4-6(2)7-5;1-2/h4-10,13-14,21,35,38H,3,11-12,15-18H2,1-2H3,(H,37,39);6-7H,1,3-4H2,2H3;1-2H3. The SMILES string of the molecule is C=C1CCC(C)N1.C=S1CCC(NCc2ccnc(Nc3cccc(-c4nccc(-c5ccc(CNC)c(OC)n5)c4Cl)c3Cl)c2F)CC1.CC. The summed E-state index contributed by atoms with van der Waals surface area (Å²) in [5.74, 6) is 6.61. The van der Waals surface area contributed by atoms with E-state index in [2.05, 4.69) is 55.6 Å². The Labute approximate surface area is 315 Å². The van der Waals surface area contributed by atoms with Crippen LogP contribution in [0.3, 0.4) is 0 Å². The number of aromatic nitrogens is 3. The van der Waals surface area contributed by atoms with E-state index in [1.807, 2.05) is 45.2 Å². The molecular weight excluding hydrogens is 704 g/mol. The predicted molar refractivity (Wildman–Crippen MR) is 216 cm³/mol. The molecule has 0 aliphatic carbocycles. The highest BCUT2D eigenvalue weighted by Gasteiger charge is 2.20. The van der Waals surface area contributed by atoms with E-state index in [0.29, 0.717) is 74.9 Å². The van der Waals surface area contributed by atoms with Crippen LogP contribution in [0, 0.1) is 5.82 Å². The van der Waals surface area contributed by atoms with Crippen LogP contribution in [0.1, 0.15) is 57.6 Å². The van der Waals surface area contributed by atoms with Crippen molar-refractivity contribution in [1.29, 1.82) is 0 Å². The molecule has 2 saturated heterocycles. The lowest BCUT2D eigenvalue weighted by Crippen LogP contribution is -2.32. The van der Waals surface area contributed by atoms with Crippen LogP contribution in [0.2, 0.25) is 10.0 Å². The molecule has 5 heterocycles. The maximum Gasteiger partial charge on any atom is 0.218 e. The molecule has 12 heteroatoms. The van der Waals surface area contributed by atoms with E-state index in [4.69, 9.17) is 27.9 Å². The summed E-state index contributed by atoms with van der Waals surface area (Å²) in [7, 11) is 3.70. The van der Waals surface area contributed by atoms with Crippen LogP contribution in [-0.4, -0.2) is 58.6 Å². The molecule has 51 heavy (non-hydrogen) atoms. The second-order valence-electron chi connectivity index (χ2n) is 12.2. The molecule has 274 valence electrons. The third kappa shape index (κ3) is 10.7. The molecule has 1 aromatic carbocycles. The van der Waals surface area contributed by atoms with Crippen LogP contribution in [0.4, 0.5) is 15.9 Å². The summed E-state index contributed by atoms with van der Waals surface area (Å²) in [6.45, 7) is 11.0. The Hall–Kier alpha value is -3.54. The Morgan fingerprint density at radius 2 is 1.71 bits per heavy atom. The number of hydrogen-bond acceptors (Lipinski definition) is 8. The minimum Gasteiger partial charge on any atom is -0.481 e. The molecule has 0 amide bonds. The molecule has 1 atom stereocenters. The van der Waals surface area contributed by atoms with Gasteiger partial charge in [-0.15, -0.1) is 0 Å². The Kier molecular flexibility index (Phi) is 15.7. The Morgan fingerprint density at radius 3 is 2.35 bits per heavy atom. The van der Waals surface area contributed by atoms with Crippen LogP contribution in [0.25, 0.3) is 22.5 Å². The number of rotatable bonds is 10. The van der Waals surface area contributed by atoms with E-state index >= 15 is 4.39 Å². The van der Waals surface area contributed by atoms with E-state index in [1.54, 1.807) is 37.7 Å². The van der Waals surface area contributed by atoms with E-state index in [1.165, 1.54) is 18.5 Å². The van der Waals surface area contributed by atoms with Crippen molar-refractivity contribution >= 4 is 51.1 Å². The van der Waals surface area contributed by atoms with Gasteiger partial charge in [-0.05, 0) is 75.4 Å². The number of methoxy groups -OCH3 is 1. The third-order valence-corrected chi connectivity index (χ3v) is 11.0. The molecule has 1 unspecified atom stereocenters. The van der Waals surface area contributed by atoms with Gasteiger partial charge in [0, 0.05) is 65.5 Å². The molecule has 2 aliphatic heterocycles. The fourth-order valence-electron chi connectivity index (χ4n) is 5.80. The number of nitrogens with zero attached hydrogens (tertiary/aromatic N) is 3. The quantitative estimate of drug-likeness (QED) is 0.119. The fraction of sp³-hybridized carbons (Fsp3) is 0.385. The predicted octanol–water partition coefficient (Wildman–Crippen LogP) is 9.37. The van der Waals surface area contributed by atoms with Gasteiger partial charge in [0.2, 0.25) is 5.88 Å². The maximum absolute atomic E-state index is 15.5. The fourth-order valence-corrected chi connectivity index (χ4v) is 7.82. The number of hydrogen-bond donors (Lipinski definition) is 4. The molecule has 0 bridgehead atoms. The minimum atomic E-state index is -0.418. The average molecular weight is 755 g/mol. The molecule has 8 nitrogen and oxygen atoms in total. The number of halogens is 3. The first kappa shape index (κ1) is 40.2. The maximum atomic E-state index is 15.5. The lowest BCUT2D eigenvalue weighted by molar-refractivity contribution is 0.392. The summed E-state index contributed by atoms with van der Waals surface area (Å²) < 4.78 is 21.0. The molecule has 3 aromatic heterocycles. The van der Waals surface area contributed by atoms with Gasteiger partial charge in [-0.2, -0.15) is 10.5 Å². The number of ether oxygens (including phenoxy) is 1. The van der Waals surface area contributed by atoms with Crippen LogP contribution < -0.4 is 26.0 Å². The summed E-state index contributed by atoms with van der Waals surface area (Å²) in [5, 5.41) is 13.6. The Bertz CT molecular complexity index is 1800. The van der Waals surface area contributed by atoms with E-state index < -0.39 is 5.82 Å². The van der Waals surface area contributed by atoms with Crippen molar-refractivity contribution in [1.82, 2.24) is 30.9 Å². The highest BCUT2D eigenvalue weighted by atomic mass is 35.5. The monoisotopic (exact) mass is 753 g/mol. The first-order valence-corrected chi connectivity index (χ1v) is 19.8. The average Bonchev–Trinajstić information content (AvgIpc) is 3.53. The molecular formula is C39H50Cl2FN7OS. The van der Waals surface area contributed by atoms with Gasteiger partial charge in [-0.1, -0.05) is 67.7 Å². The van der Waals surface area contributed by atoms with Gasteiger partial charge in [0.05, 0.1) is 34.2 Å².